The molecule has 1 N–H and O–H groups in total. The van der Waals surface area contributed by atoms with Crippen molar-refractivity contribution < 1.29 is 9.53 Å². The Labute approximate surface area is 134 Å². The summed E-state index contributed by atoms with van der Waals surface area (Å²) in [5, 5.41) is 11.0. The second kappa shape index (κ2) is 6.91. The minimum absolute atomic E-state index is 0.0539. The number of benzene rings is 1. The third kappa shape index (κ3) is 3.66. The number of ether oxygens (including phenoxy) is 1. The average molecular weight is 310 g/mol. The molecule has 23 heavy (non-hydrogen) atoms. The molecule has 0 bridgehead atoms. The van der Waals surface area contributed by atoms with Crippen LogP contribution in [-0.4, -0.2) is 27.1 Å². The van der Waals surface area contributed by atoms with Crippen molar-refractivity contribution in [2.45, 2.75) is 19.9 Å². The van der Waals surface area contributed by atoms with Gasteiger partial charge in [0.25, 0.3) is 0 Å². The lowest BCUT2D eigenvalue weighted by Crippen LogP contribution is -2.25. The van der Waals surface area contributed by atoms with E-state index in [1.54, 1.807) is 0 Å². The fourth-order valence-corrected chi connectivity index (χ4v) is 2.31. The van der Waals surface area contributed by atoms with E-state index in [-0.39, 0.29) is 5.91 Å². The minimum Gasteiger partial charge on any atom is -0.494 e. The van der Waals surface area contributed by atoms with Crippen LogP contribution in [0.15, 0.2) is 48.7 Å². The average Bonchev–Trinajstić information content (AvgIpc) is 2.98. The summed E-state index contributed by atoms with van der Waals surface area (Å²) in [5.41, 5.74) is 1.71. The monoisotopic (exact) mass is 310 g/mol. The first-order chi connectivity index (χ1) is 11.3. The molecule has 0 fully saturated rings. The highest BCUT2D eigenvalue weighted by molar-refractivity contribution is 5.78. The molecule has 6 nitrogen and oxygen atoms in total. The topological polar surface area (TPSA) is 68.5 Å². The number of nitrogens with one attached hydrogen (secondary N) is 1. The smallest absolute Gasteiger partial charge is 0.224 e. The number of fused-ring (bicyclic) bond motifs is 1. The maximum absolute atomic E-state index is 12.1. The molecule has 6 heteroatoms. The molecular weight excluding hydrogens is 292 g/mol. The van der Waals surface area contributed by atoms with Crippen LogP contribution in [0.4, 0.5) is 0 Å². The summed E-state index contributed by atoms with van der Waals surface area (Å²) in [6.07, 6.45) is 2.20. The standard InChI is InChI=1S/C17H18N4O2/c1-2-23-14-8-6-13(7-9-14)11-17(22)18-12-16-20-19-15-5-3-4-10-21(15)16/h3-10H,2,11-12H2,1H3,(H,18,22). The maximum Gasteiger partial charge on any atom is 0.224 e. The van der Waals surface area contributed by atoms with E-state index < -0.39 is 0 Å². The van der Waals surface area contributed by atoms with E-state index in [4.69, 9.17) is 4.74 Å². The number of nitrogens with zero attached hydrogens (tertiary/aromatic N) is 3. The molecule has 0 aliphatic heterocycles. The van der Waals surface area contributed by atoms with Gasteiger partial charge in [0, 0.05) is 6.20 Å². The van der Waals surface area contributed by atoms with Gasteiger partial charge in [0.15, 0.2) is 11.5 Å². The molecule has 0 aliphatic rings. The van der Waals surface area contributed by atoms with Gasteiger partial charge in [0.2, 0.25) is 5.91 Å². The molecule has 0 unspecified atom stereocenters. The molecule has 0 spiro atoms. The quantitative estimate of drug-likeness (QED) is 0.756. The zero-order chi connectivity index (χ0) is 16.1. The summed E-state index contributed by atoms with van der Waals surface area (Å²) >= 11 is 0. The summed E-state index contributed by atoms with van der Waals surface area (Å²) in [6.45, 7) is 2.92. The number of pyridine rings is 1. The van der Waals surface area contributed by atoms with Gasteiger partial charge in [-0.15, -0.1) is 10.2 Å². The van der Waals surface area contributed by atoms with Crippen molar-refractivity contribution in [2.24, 2.45) is 0 Å². The highest BCUT2D eigenvalue weighted by Gasteiger charge is 2.08. The fraction of sp³-hybridized carbons (Fsp3) is 0.235. The third-order valence-electron chi connectivity index (χ3n) is 3.43. The normalized spacial score (nSPS) is 10.7. The predicted octanol–water partition coefficient (Wildman–Crippen LogP) is 1.99. The van der Waals surface area contributed by atoms with Crippen LogP contribution in [0.2, 0.25) is 0 Å². The van der Waals surface area contributed by atoms with Crippen LogP contribution in [-0.2, 0) is 17.8 Å². The largest absolute Gasteiger partial charge is 0.494 e. The zero-order valence-corrected chi connectivity index (χ0v) is 12.9. The van der Waals surface area contributed by atoms with Crippen molar-refractivity contribution in [1.29, 1.82) is 0 Å². The highest BCUT2D eigenvalue weighted by Crippen LogP contribution is 2.12. The van der Waals surface area contributed by atoms with Crippen molar-refractivity contribution in [3.05, 3.63) is 60.0 Å². The van der Waals surface area contributed by atoms with Crippen LogP contribution in [0.25, 0.3) is 5.65 Å². The number of carbonyl (C=O) groups is 1. The van der Waals surface area contributed by atoms with Gasteiger partial charge in [-0.3, -0.25) is 9.20 Å². The molecule has 1 aromatic carbocycles. The lowest BCUT2D eigenvalue weighted by atomic mass is 10.1. The van der Waals surface area contributed by atoms with Gasteiger partial charge in [-0.05, 0) is 36.8 Å². The van der Waals surface area contributed by atoms with Crippen LogP contribution in [0.1, 0.15) is 18.3 Å². The van der Waals surface area contributed by atoms with Gasteiger partial charge in [0.05, 0.1) is 19.6 Å². The molecule has 3 rings (SSSR count). The number of amides is 1. The first kappa shape index (κ1) is 15.0. The Bertz CT molecular complexity index is 796. The van der Waals surface area contributed by atoms with E-state index in [1.165, 1.54) is 0 Å². The molecule has 3 aromatic rings. The van der Waals surface area contributed by atoms with Gasteiger partial charge >= 0.3 is 0 Å². The van der Waals surface area contributed by atoms with Gasteiger partial charge in [-0.25, -0.2) is 0 Å². The molecule has 2 heterocycles. The van der Waals surface area contributed by atoms with E-state index >= 15 is 0 Å². The Balaban J connectivity index is 1.57. The van der Waals surface area contributed by atoms with E-state index in [1.807, 2.05) is 60.0 Å². The van der Waals surface area contributed by atoms with Crippen LogP contribution in [0.5, 0.6) is 5.75 Å². The molecule has 0 atom stereocenters. The highest BCUT2D eigenvalue weighted by atomic mass is 16.5. The Hall–Kier alpha value is -2.89. The van der Waals surface area contributed by atoms with Crippen molar-refractivity contribution in [1.82, 2.24) is 19.9 Å². The molecule has 0 saturated carbocycles. The van der Waals surface area contributed by atoms with E-state index in [9.17, 15) is 4.79 Å². The maximum atomic E-state index is 12.1. The van der Waals surface area contributed by atoms with Crippen LogP contribution < -0.4 is 10.1 Å². The molecule has 1 amide bonds. The summed E-state index contributed by atoms with van der Waals surface area (Å²) in [4.78, 5) is 12.1. The SMILES string of the molecule is CCOc1ccc(CC(=O)NCc2nnc3ccccn23)cc1. The number of rotatable bonds is 6. The third-order valence-corrected chi connectivity index (χ3v) is 3.43. The molecule has 0 radical (unpaired) electrons. The molecular formula is C17H18N4O2. The van der Waals surface area contributed by atoms with Crippen molar-refractivity contribution in [3.8, 4) is 5.75 Å². The van der Waals surface area contributed by atoms with E-state index in [0.29, 0.717) is 25.4 Å². The van der Waals surface area contributed by atoms with E-state index in [0.717, 1.165) is 17.0 Å². The van der Waals surface area contributed by atoms with Crippen molar-refractivity contribution in [2.75, 3.05) is 6.61 Å². The first-order valence-electron chi connectivity index (χ1n) is 7.53. The van der Waals surface area contributed by atoms with Crippen LogP contribution in [0, 0.1) is 0 Å². The number of hydrogen-bond acceptors (Lipinski definition) is 4. The van der Waals surface area contributed by atoms with Crippen molar-refractivity contribution >= 4 is 11.6 Å². The molecule has 0 aliphatic carbocycles. The van der Waals surface area contributed by atoms with E-state index in [2.05, 4.69) is 15.5 Å². The zero-order valence-electron chi connectivity index (χ0n) is 12.9. The number of hydrogen-bond donors (Lipinski definition) is 1. The summed E-state index contributed by atoms with van der Waals surface area (Å²) in [7, 11) is 0. The van der Waals surface area contributed by atoms with Gasteiger partial charge in [-0.2, -0.15) is 0 Å². The minimum atomic E-state index is -0.0539. The second-order valence-electron chi connectivity index (χ2n) is 5.08. The Morgan fingerprint density at radius 3 is 2.78 bits per heavy atom. The molecule has 0 saturated heterocycles. The van der Waals surface area contributed by atoms with Gasteiger partial charge < -0.3 is 10.1 Å². The first-order valence-corrected chi connectivity index (χ1v) is 7.53. The second-order valence-corrected chi connectivity index (χ2v) is 5.08. The summed E-state index contributed by atoms with van der Waals surface area (Å²) < 4.78 is 7.24. The Morgan fingerprint density at radius 2 is 2.00 bits per heavy atom. The van der Waals surface area contributed by atoms with Gasteiger partial charge in [0.1, 0.15) is 5.75 Å². The number of carbonyl (C=O) groups excluding carboxylic acids is 1. The Kier molecular flexibility index (Phi) is 4.52. The van der Waals surface area contributed by atoms with Crippen LogP contribution in [0.3, 0.4) is 0 Å². The van der Waals surface area contributed by atoms with Crippen molar-refractivity contribution in [3.63, 3.8) is 0 Å². The summed E-state index contributed by atoms with van der Waals surface area (Å²) in [6, 6.07) is 13.2. The fourth-order valence-electron chi connectivity index (χ4n) is 2.31. The predicted molar refractivity (Wildman–Crippen MR) is 86.1 cm³/mol. The lowest BCUT2D eigenvalue weighted by molar-refractivity contribution is -0.120. The number of aromatic nitrogens is 3. The Morgan fingerprint density at radius 1 is 1.17 bits per heavy atom. The van der Waals surface area contributed by atoms with Crippen LogP contribution >= 0.6 is 0 Å². The molecule has 2 aromatic heterocycles. The lowest BCUT2D eigenvalue weighted by Gasteiger charge is -2.06. The van der Waals surface area contributed by atoms with Gasteiger partial charge in [-0.1, -0.05) is 18.2 Å². The summed E-state index contributed by atoms with van der Waals surface area (Å²) in [5.74, 6) is 1.47. The molecule has 118 valence electrons.